The second kappa shape index (κ2) is 14.5. The number of allylic oxidation sites excluding steroid dienone is 1. The summed E-state index contributed by atoms with van der Waals surface area (Å²) in [6.07, 6.45) is 8.58. The summed E-state index contributed by atoms with van der Waals surface area (Å²) in [6, 6.07) is 7.38. The van der Waals surface area contributed by atoms with E-state index >= 15 is 0 Å². The lowest BCUT2D eigenvalue weighted by atomic mass is 9.81. The molecule has 0 saturated heterocycles. The molecule has 0 amide bonds. The normalized spacial score (nSPS) is 25.5. The van der Waals surface area contributed by atoms with Gasteiger partial charge in [0.05, 0.1) is 6.10 Å². The molecule has 6 nitrogen and oxygen atoms in total. The standard InChI is InChI=1S/C26H43NO5/c1-3-4-5-6-7-8-9-10-11-12-19(2)27-21-13-15-22(16-14-21)32-23-17-20(18-28)24(29)26(31)25(23)30/h13-16,20,23-31H,2-12,17-18H2,1H3/t20?,23-,24+,25?,26+/m1/s1. The molecule has 0 spiro atoms. The first-order valence-corrected chi connectivity index (χ1v) is 12.3. The Labute approximate surface area is 193 Å². The van der Waals surface area contributed by atoms with Crippen molar-refractivity contribution in [1.29, 1.82) is 0 Å². The van der Waals surface area contributed by atoms with Gasteiger partial charge in [-0.15, -0.1) is 0 Å². The lowest BCUT2D eigenvalue weighted by molar-refractivity contribution is -0.156. The Balaban J connectivity index is 1.67. The maximum atomic E-state index is 10.2. The molecular weight excluding hydrogens is 406 g/mol. The zero-order valence-corrected chi connectivity index (χ0v) is 19.6. The Hall–Kier alpha value is -1.60. The van der Waals surface area contributed by atoms with E-state index in [9.17, 15) is 20.4 Å². The smallest absolute Gasteiger partial charge is 0.128 e. The van der Waals surface area contributed by atoms with Gasteiger partial charge in [0.2, 0.25) is 0 Å². The molecule has 6 heteroatoms. The quantitative estimate of drug-likeness (QED) is 0.255. The van der Waals surface area contributed by atoms with E-state index in [-0.39, 0.29) is 13.0 Å². The summed E-state index contributed by atoms with van der Waals surface area (Å²) in [4.78, 5) is 0. The highest BCUT2D eigenvalue weighted by molar-refractivity contribution is 5.50. The second-order valence-corrected chi connectivity index (χ2v) is 9.14. The highest BCUT2D eigenvalue weighted by Gasteiger charge is 2.43. The molecular formula is C26H43NO5. The van der Waals surface area contributed by atoms with Gasteiger partial charge in [0, 0.05) is 23.9 Å². The summed E-state index contributed by atoms with van der Waals surface area (Å²) in [7, 11) is 0. The first-order chi connectivity index (χ1) is 15.5. The van der Waals surface area contributed by atoms with Crippen LogP contribution in [0.15, 0.2) is 36.5 Å². The largest absolute Gasteiger partial charge is 0.488 e. The lowest BCUT2D eigenvalue weighted by Gasteiger charge is -2.39. The van der Waals surface area contributed by atoms with E-state index in [0.717, 1.165) is 24.2 Å². The van der Waals surface area contributed by atoms with Gasteiger partial charge in [0.25, 0.3) is 0 Å². The number of benzene rings is 1. The molecule has 0 aromatic heterocycles. The minimum Gasteiger partial charge on any atom is -0.488 e. The van der Waals surface area contributed by atoms with Crippen molar-refractivity contribution >= 4 is 5.69 Å². The Bertz CT molecular complexity index is 648. The second-order valence-electron chi connectivity index (χ2n) is 9.14. The van der Waals surface area contributed by atoms with Gasteiger partial charge in [-0.1, -0.05) is 64.9 Å². The van der Waals surface area contributed by atoms with Crippen LogP contribution in [0.5, 0.6) is 5.75 Å². The molecule has 1 aromatic rings. The summed E-state index contributed by atoms with van der Waals surface area (Å²) >= 11 is 0. The van der Waals surface area contributed by atoms with Crippen molar-refractivity contribution in [3.8, 4) is 5.75 Å². The van der Waals surface area contributed by atoms with E-state index in [2.05, 4.69) is 18.8 Å². The molecule has 182 valence electrons. The predicted molar refractivity (Wildman–Crippen MR) is 129 cm³/mol. The molecule has 0 bridgehead atoms. The number of nitrogens with one attached hydrogen (secondary N) is 1. The van der Waals surface area contributed by atoms with Gasteiger partial charge < -0.3 is 30.5 Å². The summed E-state index contributed by atoms with van der Waals surface area (Å²) in [5.41, 5.74) is 1.92. The summed E-state index contributed by atoms with van der Waals surface area (Å²) in [5.74, 6) is 0.0353. The summed E-state index contributed by atoms with van der Waals surface area (Å²) in [5, 5.41) is 42.8. The predicted octanol–water partition coefficient (Wildman–Crippen LogP) is 4.38. The molecule has 1 saturated carbocycles. The average molecular weight is 450 g/mol. The molecule has 1 aliphatic carbocycles. The summed E-state index contributed by atoms with van der Waals surface area (Å²) in [6.45, 7) is 6.11. The van der Waals surface area contributed by atoms with Crippen LogP contribution in [-0.2, 0) is 0 Å². The molecule has 2 rings (SSSR count). The average Bonchev–Trinajstić information content (AvgIpc) is 2.79. The molecule has 5 N–H and O–H groups in total. The zero-order valence-electron chi connectivity index (χ0n) is 19.6. The van der Waals surface area contributed by atoms with Crippen molar-refractivity contribution in [2.45, 2.75) is 102 Å². The van der Waals surface area contributed by atoms with Gasteiger partial charge in [0.1, 0.15) is 24.1 Å². The van der Waals surface area contributed by atoms with Gasteiger partial charge >= 0.3 is 0 Å². The van der Waals surface area contributed by atoms with Crippen LogP contribution in [-0.4, -0.2) is 51.4 Å². The Morgan fingerprint density at radius 1 is 0.906 bits per heavy atom. The maximum Gasteiger partial charge on any atom is 0.128 e. The first kappa shape index (κ1) is 26.7. The monoisotopic (exact) mass is 449 g/mol. The van der Waals surface area contributed by atoms with E-state index < -0.39 is 30.3 Å². The fraction of sp³-hybridized carbons (Fsp3) is 0.692. The van der Waals surface area contributed by atoms with Crippen LogP contribution in [0, 0.1) is 5.92 Å². The van der Waals surface area contributed by atoms with E-state index in [4.69, 9.17) is 4.74 Å². The van der Waals surface area contributed by atoms with Crippen molar-refractivity contribution in [2.24, 2.45) is 5.92 Å². The highest BCUT2D eigenvalue weighted by atomic mass is 16.5. The van der Waals surface area contributed by atoms with E-state index in [1.54, 1.807) is 12.1 Å². The highest BCUT2D eigenvalue weighted by Crippen LogP contribution is 2.29. The number of anilines is 1. The Morgan fingerprint density at radius 3 is 2.09 bits per heavy atom. The van der Waals surface area contributed by atoms with Gasteiger partial charge in [-0.25, -0.2) is 0 Å². The van der Waals surface area contributed by atoms with Crippen LogP contribution < -0.4 is 10.1 Å². The van der Waals surface area contributed by atoms with Crippen LogP contribution in [0.4, 0.5) is 5.69 Å². The number of hydrogen-bond acceptors (Lipinski definition) is 6. The van der Waals surface area contributed by atoms with Crippen molar-refractivity contribution < 1.29 is 25.2 Å². The zero-order chi connectivity index (χ0) is 23.3. The van der Waals surface area contributed by atoms with Crippen molar-refractivity contribution in [1.82, 2.24) is 0 Å². The van der Waals surface area contributed by atoms with Gasteiger partial charge in [0.15, 0.2) is 0 Å². The molecule has 0 heterocycles. The van der Waals surface area contributed by atoms with Crippen LogP contribution in [0.3, 0.4) is 0 Å². The lowest BCUT2D eigenvalue weighted by Crippen LogP contribution is -2.56. The minimum atomic E-state index is -1.34. The number of hydrogen-bond donors (Lipinski definition) is 5. The molecule has 1 aromatic carbocycles. The Kier molecular flexibility index (Phi) is 12.1. The van der Waals surface area contributed by atoms with Crippen LogP contribution in [0.25, 0.3) is 0 Å². The molecule has 0 aliphatic heterocycles. The Morgan fingerprint density at radius 2 is 1.50 bits per heavy atom. The first-order valence-electron chi connectivity index (χ1n) is 12.3. The summed E-state index contributed by atoms with van der Waals surface area (Å²) < 4.78 is 5.83. The third-order valence-corrected chi connectivity index (χ3v) is 6.38. The molecule has 5 atom stereocenters. The SMILES string of the molecule is C=C(CCCCCCCCCCC)Nc1ccc(O[C@@H]2CC(CO)[C@H](O)[C@H](O)C2O)cc1. The van der Waals surface area contributed by atoms with Gasteiger partial charge in [-0.05, 0) is 43.5 Å². The van der Waals surface area contributed by atoms with Crippen LogP contribution in [0.2, 0.25) is 0 Å². The fourth-order valence-electron chi connectivity index (χ4n) is 4.29. The number of rotatable bonds is 15. The van der Waals surface area contributed by atoms with Crippen molar-refractivity contribution in [2.75, 3.05) is 11.9 Å². The van der Waals surface area contributed by atoms with Crippen molar-refractivity contribution in [3.63, 3.8) is 0 Å². The van der Waals surface area contributed by atoms with Crippen LogP contribution in [0.1, 0.15) is 77.6 Å². The van der Waals surface area contributed by atoms with E-state index in [0.29, 0.717) is 5.75 Å². The number of aliphatic hydroxyl groups is 4. The molecule has 1 aliphatic rings. The molecule has 32 heavy (non-hydrogen) atoms. The van der Waals surface area contributed by atoms with Crippen LogP contribution >= 0.6 is 0 Å². The van der Waals surface area contributed by atoms with E-state index in [1.807, 2.05) is 12.1 Å². The number of aliphatic hydroxyl groups excluding tert-OH is 4. The topological polar surface area (TPSA) is 102 Å². The minimum absolute atomic E-state index is 0.269. The van der Waals surface area contributed by atoms with Gasteiger partial charge in [-0.2, -0.15) is 0 Å². The van der Waals surface area contributed by atoms with E-state index in [1.165, 1.54) is 51.4 Å². The number of ether oxygens (including phenoxy) is 1. The molecule has 2 unspecified atom stereocenters. The van der Waals surface area contributed by atoms with Gasteiger partial charge in [-0.3, -0.25) is 0 Å². The maximum absolute atomic E-state index is 10.2. The fourth-order valence-corrected chi connectivity index (χ4v) is 4.29. The number of unbranched alkanes of at least 4 members (excludes halogenated alkanes) is 8. The molecule has 1 fully saturated rings. The third kappa shape index (κ3) is 8.74. The third-order valence-electron chi connectivity index (χ3n) is 6.38. The molecule has 0 radical (unpaired) electrons. The van der Waals surface area contributed by atoms with Crippen molar-refractivity contribution in [3.05, 3.63) is 36.5 Å².